The van der Waals surface area contributed by atoms with Crippen molar-refractivity contribution < 1.29 is 18.0 Å². The Morgan fingerprint density at radius 1 is 1.15 bits per heavy atom. The third-order valence-electron chi connectivity index (χ3n) is 2.48. The average molecular weight is 345 g/mol. The molecule has 1 aromatic carbocycles. The molecule has 0 fully saturated rings. The fourth-order valence-corrected chi connectivity index (χ4v) is 1.94. The van der Waals surface area contributed by atoms with Crippen LogP contribution in [0.4, 0.5) is 18.9 Å². The van der Waals surface area contributed by atoms with Gasteiger partial charge in [-0.1, -0.05) is 0 Å². The van der Waals surface area contributed by atoms with Crippen LogP contribution in [-0.4, -0.2) is 10.9 Å². The van der Waals surface area contributed by atoms with Gasteiger partial charge in [0, 0.05) is 22.6 Å². The van der Waals surface area contributed by atoms with Gasteiger partial charge >= 0.3 is 6.18 Å². The van der Waals surface area contributed by atoms with Gasteiger partial charge in [-0.3, -0.25) is 9.78 Å². The number of halogens is 4. The molecule has 3 nitrogen and oxygen atoms in total. The van der Waals surface area contributed by atoms with Crippen LogP contribution in [0.1, 0.15) is 15.9 Å². The molecule has 104 valence electrons. The number of anilines is 1. The summed E-state index contributed by atoms with van der Waals surface area (Å²) in [6, 6.07) is 6.00. The zero-order valence-electron chi connectivity index (χ0n) is 9.91. The van der Waals surface area contributed by atoms with Crippen molar-refractivity contribution in [2.24, 2.45) is 0 Å². The molecule has 7 heteroatoms. The van der Waals surface area contributed by atoms with Gasteiger partial charge in [-0.15, -0.1) is 0 Å². The quantitative estimate of drug-likeness (QED) is 0.890. The van der Waals surface area contributed by atoms with Crippen molar-refractivity contribution in [2.45, 2.75) is 6.18 Å². The zero-order chi connectivity index (χ0) is 14.8. The highest BCUT2D eigenvalue weighted by atomic mass is 79.9. The van der Waals surface area contributed by atoms with Crippen LogP contribution >= 0.6 is 15.9 Å². The third-order valence-corrected chi connectivity index (χ3v) is 3.17. The molecule has 1 amide bonds. The van der Waals surface area contributed by atoms with Crippen molar-refractivity contribution in [2.75, 3.05) is 5.32 Å². The summed E-state index contributed by atoms with van der Waals surface area (Å²) in [4.78, 5) is 15.8. The average Bonchev–Trinajstić information content (AvgIpc) is 2.39. The summed E-state index contributed by atoms with van der Waals surface area (Å²) >= 11 is 3.07. The van der Waals surface area contributed by atoms with E-state index in [2.05, 4.69) is 26.2 Å². The Labute approximate surface area is 121 Å². The number of hydrogen-bond donors (Lipinski definition) is 1. The van der Waals surface area contributed by atoms with Crippen molar-refractivity contribution in [1.82, 2.24) is 4.98 Å². The van der Waals surface area contributed by atoms with E-state index in [9.17, 15) is 18.0 Å². The van der Waals surface area contributed by atoms with Gasteiger partial charge in [-0.2, -0.15) is 13.2 Å². The first-order valence-corrected chi connectivity index (χ1v) is 6.25. The van der Waals surface area contributed by atoms with Crippen molar-refractivity contribution >= 4 is 27.5 Å². The second-order valence-corrected chi connectivity index (χ2v) is 4.74. The molecule has 2 rings (SSSR count). The maximum atomic E-state index is 12.6. The monoisotopic (exact) mass is 344 g/mol. The number of amides is 1. The second kappa shape index (κ2) is 5.62. The molecule has 1 aromatic heterocycles. The van der Waals surface area contributed by atoms with Crippen molar-refractivity contribution in [3.63, 3.8) is 0 Å². The van der Waals surface area contributed by atoms with Crippen LogP contribution in [-0.2, 0) is 6.18 Å². The van der Waals surface area contributed by atoms with Gasteiger partial charge < -0.3 is 5.32 Å². The number of alkyl halides is 3. The highest BCUT2D eigenvalue weighted by molar-refractivity contribution is 9.10. The Hall–Kier alpha value is -1.89. The number of benzene rings is 1. The van der Waals surface area contributed by atoms with E-state index in [1.807, 2.05) is 0 Å². The standard InChI is InChI=1S/C13H8BrF3N2O/c14-11-2-1-8(13(15,16)17)7-10(11)12(20)19-9-3-5-18-6-4-9/h1-7H,(H,18,19,20). The lowest BCUT2D eigenvalue weighted by Gasteiger charge is -2.11. The summed E-state index contributed by atoms with van der Waals surface area (Å²) in [6.07, 6.45) is -1.56. The lowest BCUT2D eigenvalue weighted by Crippen LogP contribution is -2.14. The molecule has 0 bridgehead atoms. The normalized spacial score (nSPS) is 11.2. The number of hydrogen-bond acceptors (Lipinski definition) is 2. The van der Waals surface area contributed by atoms with Gasteiger partial charge in [0.2, 0.25) is 0 Å². The minimum absolute atomic E-state index is 0.0864. The van der Waals surface area contributed by atoms with E-state index in [4.69, 9.17) is 0 Å². The van der Waals surface area contributed by atoms with Crippen LogP contribution in [0.3, 0.4) is 0 Å². The number of rotatable bonds is 2. The first-order valence-electron chi connectivity index (χ1n) is 5.46. The van der Waals surface area contributed by atoms with E-state index in [1.54, 1.807) is 12.1 Å². The predicted molar refractivity (Wildman–Crippen MR) is 71.3 cm³/mol. The van der Waals surface area contributed by atoms with E-state index >= 15 is 0 Å². The third kappa shape index (κ3) is 3.36. The summed E-state index contributed by atoms with van der Waals surface area (Å²) < 4.78 is 38.2. The van der Waals surface area contributed by atoms with E-state index in [1.165, 1.54) is 18.5 Å². The first-order chi connectivity index (χ1) is 9.38. The first kappa shape index (κ1) is 14.5. The van der Waals surface area contributed by atoms with E-state index in [0.717, 1.165) is 12.1 Å². The highest BCUT2D eigenvalue weighted by Crippen LogP contribution is 2.32. The zero-order valence-corrected chi connectivity index (χ0v) is 11.5. The van der Waals surface area contributed by atoms with Crippen molar-refractivity contribution in [3.05, 3.63) is 58.3 Å². The molecule has 0 radical (unpaired) electrons. The molecule has 1 N–H and O–H groups in total. The number of nitrogens with zero attached hydrogens (tertiary/aromatic N) is 1. The number of aromatic nitrogens is 1. The maximum Gasteiger partial charge on any atom is 0.416 e. The minimum atomic E-state index is -4.49. The fourth-order valence-electron chi connectivity index (χ4n) is 1.51. The molecule has 0 aliphatic heterocycles. The lowest BCUT2D eigenvalue weighted by molar-refractivity contribution is -0.137. The smallest absolute Gasteiger partial charge is 0.322 e. The van der Waals surface area contributed by atoms with Gasteiger partial charge in [-0.05, 0) is 46.3 Å². The number of nitrogens with one attached hydrogen (secondary N) is 1. The van der Waals surface area contributed by atoms with E-state index in [0.29, 0.717) is 5.69 Å². The van der Waals surface area contributed by atoms with E-state index in [-0.39, 0.29) is 10.0 Å². The molecule has 0 atom stereocenters. The Balaban J connectivity index is 2.30. The van der Waals surface area contributed by atoms with Crippen LogP contribution in [0.15, 0.2) is 47.2 Å². The second-order valence-electron chi connectivity index (χ2n) is 3.88. The van der Waals surface area contributed by atoms with Gasteiger partial charge in [0.05, 0.1) is 11.1 Å². The van der Waals surface area contributed by atoms with Gasteiger partial charge in [0.25, 0.3) is 5.91 Å². The Morgan fingerprint density at radius 3 is 2.40 bits per heavy atom. The Bertz CT molecular complexity index is 629. The molecule has 0 saturated heterocycles. The largest absolute Gasteiger partial charge is 0.416 e. The van der Waals surface area contributed by atoms with Crippen LogP contribution in [0, 0.1) is 0 Å². The summed E-state index contributed by atoms with van der Waals surface area (Å²) in [7, 11) is 0. The molecule has 0 spiro atoms. The van der Waals surface area contributed by atoms with Crippen molar-refractivity contribution in [1.29, 1.82) is 0 Å². The molecule has 2 aromatic rings. The fraction of sp³-hybridized carbons (Fsp3) is 0.0769. The molecule has 0 aliphatic rings. The van der Waals surface area contributed by atoms with Crippen molar-refractivity contribution in [3.8, 4) is 0 Å². The highest BCUT2D eigenvalue weighted by Gasteiger charge is 2.31. The summed E-state index contributed by atoms with van der Waals surface area (Å²) in [5.74, 6) is -0.630. The summed E-state index contributed by atoms with van der Waals surface area (Å²) in [6.45, 7) is 0. The number of carbonyl (C=O) groups excluding carboxylic acids is 1. The molecular weight excluding hydrogens is 337 g/mol. The topological polar surface area (TPSA) is 42.0 Å². The number of carbonyl (C=O) groups is 1. The number of pyridine rings is 1. The lowest BCUT2D eigenvalue weighted by atomic mass is 10.1. The minimum Gasteiger partial charge on any atom is -0.322 e. The molecule has 1 heterocycles. The van der Waals surface area contributed by atoms with Crippen LogP contribution in [0.2, 0.25) is 0 Å². The Morgan fingerprint density at radius 2 is 1.80 bits per heavy atom. The SMILES string of the molecule is O=C(Nc1ccncc1)c1cc(C(F)(F)F)ccc1Br. The van der Waals surface area contributed by atoms with Gasteiger partial charge in [0.1, 0.15) is 0 Å². The van der Waals surface area contributed by atoms with Crippen LogP contribution in [0.5, 0.6) is 0 Å². The molecular formula is C13H8BrF3N2O. The van der Waals surface area contributed by atoms with Gasteiger partial charge in [0.15, 0.2) is 0 Å². The summed E-state index contributed by atoms with van der Waals surface area (Å²) in [5, 5.41) is 2.50. The molecule has 0 saturated carbocycles. The van der Waals surface area contributed by atoms with Crippen LogP contribution in [0.25, 0.3) is 0 Å². The summed E-state index contributed by atoms with van der Waals surface area (Å²) in [5.41, 5.74) is -0.508. The molecule has 20 heavy (non-hydrogen) atoms. The maximum absolute atomic E-state index is 12.6. The van der Waals surface area contributed by atoms with Crippen LogP contribution < -0.4 is 5.32 Å². The predicted octanol–water partition coefficient (Wildman–Crippen LogP) is 4.12. The molecule has 0 unspecified atom stereocenters. The van der Waals surface area contributed by atoms with E-state index < -0.39 is 17.6 Å². The molecule has 0 aliphatic carbocycles. The Kier molecular flexibility index (Phi) is 4.08. The van der Waals surface area contributed by atoms with Gasteiger partial charge in [-0.25, -0.2) is 0 Å².